The second kappa shape index (κ2) is 11.1. The molecule has 28 heavy (non-hydrogen) atoms. The lowest BCUT2D eigenvalue weighted by atomic mass is 10.1. The highest BCUT2D eigenvalue weighted by Gasteiger charge is 2.11. The summed E-state index contributed by atoms with van der Waals surface area (Å²) in [5, 5.41) is 6.63. The van der Waals surface area contributed by atoms with Crippen molar-refractivity contribution in [1.82, 2.24) is 15.5 Å². The van der Waals surface area contributed by atoms with Crippen LogP contribution in [0.2, 0.25) is 0 Å². The highest BCUT2D eigenvalue weighted by atomic mass is 16.2. The summed E-state index contributed by atoms with van der Waals surface area (Å²) in [5.74, 6) is 0.866. The minimum absolute atomic E-state index is 0.0811. The maximum Gasteiger partial charge on any atom is 0.253 e. The Morgan fingerprint density at radius 3 is 2.29 bits per heavy atom. The van der Waals surface area contributed by atoms with Gasteiger partial charge in [-0.1, -0.05) is 42.0 Å². The quantitative estimate of drug-likeness (QED) is 0.542. The van der Waals surface area contributed by atoms with E-state index in [4.69, 9.17) is 0 Å². The Balaban J connectivity index is 1.97. The van der Waals surface area contributed by atoms with Gasteiger partial charge in [0.2, 0.25) is 0 Å². The van der Waals surface area contributed by atoms with Gasteiger partial charge in [0.15, 0.2) is 5.96 Å². The van der Waals surface area contributed by atoms with E-state index in [9.17, 15) is 4.79 Å². The number of amides is 1. The molecule has 2 N–H and O–H groups in total. The zero-order valence-corrected chi connectivity index (χ0v) is 17.5. The van der Waals surface area contributed by atoms with Crippen molar-refractivity contribution in [2.75, 3.05) is 19.6 Å². The lowest BCUT2D eigenvalue weighted by molar-refractivity contribution is 0.0773. The number of carbonyl (C=O) groups is 1. The first-order valence-corrected chi connectivity index (χ1v) is 10.0. The van der Waals surface area contributed by atoms with Crippen molar-refractivity contribution in [3.63, 3.8) is 0 Å². The van der Waals surface area contributed by atoms with Crippen LogP contribution in [-0.2, 0) is 13.1 Å². The summed E-state index contributed by atoms with van der Waals surface area (Å²) in [6, 6.07) is 16.2. The molecule has 0 aliphatic rings. The van der Waals surface area contributed by atoms with Crippen molar-refractivity contribution in [3.8, 4) is 0 Å². The van der Waals surface area contributed by atoms with Gasteiger partial charge in [0.25, 0.3) is 5.91 Å². The van der Waals surface area contributed by atoms with Crippen LogP contribution in [0.3, 0.4) is 0 Å². The van der Waals surface area contributed by atoms with Crippen LogP contribution in [0, 0.1) is 6.92 Å². The summed E-state index contributed by atoms with van der Waals surface area (Å²) in [6.45, 7) is 11.7. The number of nitrogens with one attached hydrogen (secondary N) is 2. The standard InChI is InChI=1S/C23H32N4O/c1-5-24-23(26-17-20-10-8-9-18(4)15-20)25-16-19-11-13-21(14-12-19)22(28)27(6-2)7-3/h8-15H,5-7,16-17H2,1-4H3,(H2,24,25,26). The predicted octanol–water partition coefficient (Wildman–Crippen LogP) is 3.73. The lowest BCUT2D eigenvalue weighted by Crippen LogP contribution is -2.36. The molecule has 5 heteroatoms. The van der Waals surface area contributed by atoms with Gasteiger partial charge in [-0.05, 0) is 51.0 Å². The first-order valence-electron chi connectivity index (χ1n) is 10.0. The molecule has 0 unspecified atom stereocenters. The van der Waals surface area contributed by atoms with E-state index in [0.29, 0.717) is 13.1 Å². The Hall–Kier alpha value is -2.82. The fraction of sp³-hybridized carbons (Fsp3) is 0.391. The van der Waals surface area contributed by atoms with Gasteiger partial charge in [-0.3, -0.25) is 4.79 Å². The van der Waals surface area contributed by atoms with Gasteiger partial charge in [0.1, 0.15) is 0 Å². The van der Waals surface area contributed by atoms with Gasteiger partial charge >= 0.3 is 0 Å². The average molecular weight is 381 g/mol. The molecule has 0 saturated heterocycles. The molecule has 0 bridgehead atoms. The first-order chi connectivity index (χ1) is 13.6. The van der Waals surface area contributed by atoms with Crippen LogP contribution in [0.25, 0.3) is 0 Å². The molecule has 1 amide bonds. The van der Waals surface area contributed by atoms with Gasteiger partial charge in [-0.25, -0.2) is 4.99 Å². The van der Waals surface area contributed by atoms with Crippen molar-refractivity contribution in [1.29, 1.82) is 0 Å². The molecule has 0 radical (unpaired) electrons. The monoisotopic (exact) mass is 380 g/mol. The van der Waals surface area contributed by atoms with Gasteiger partial charge in [-0.2, -0.15) is 0 Å². The molecule has 0 aliphatic carbocycles. The van der Waals surface area contributed by atoms with Crippen molar-refractivity contribution in [2.45, 2.75) is 40.8 Å². The highest BCUT2D eigenvalue weighted by molar-refractivity contribution is 5.94. The van der Waals surface area contributed by atoms with Crippen LogP contribution in [0.5, 0.6) is 0 Å². The van der Waals surface area contributed by atoms with Crippen LogP contribution in [0.4, 0.5) is 0 Å². The van der Waals surface area contributed by atoms with Crippen molar-refractivity contribution < 1.29 is 4.79 Å². The zero-order chi connectivity index (χ0) is 20.4. The minimum Gasteiger partial charge on any atom is -0.357 e. The van der Waals surface area contributed by atoms with Crippen molar-refractivity contribution in [3.05, 3.63) is 70.8 Å². The number of guanidine groups is 1. The molecule has 0 saturated carbocycles. The van der Waals surface area contributed by atoms with E-state index >= 15 is 0 Å². The normalized spacial score (nSPS) is 11.2. The van der Waals surface area contributed by atoms with E-state index in [2.05, 4.69) is 53.7 Å². The Labute approximate surface area is 168 Å². The number of carbonyl (C=O) groups excluding carboxylic acids is 1. The molecule has 5 nitrogen and oxygen atoms in total. The Kier molecular flexibility index (Phi) is 8.53. The van der Waals surface area contributed by atoms with Crippen molar-refractivity contribution >= 4 is 11.9 Å². The zero-order valence-electron chi connectivity index (χ0n) is 17.5. The summed E-state index contributed by atoms with van der Waals surface area (Å²) >= 11 is 0. The fourth-order valence-electron chi connectivity index (χ4n) is 2.97. The molecule has 0 aromatic heterocycles. The van der Waals surface area contributed by atoms with E-state index in [1.165, 1.54) is 11.1 Å². The molecule has 0 fully saturated rings. The van der Waals surface area contributed by atoms with E-state index in [1.54, 1.807) is 0 Å². The topological polar surface area (TPSA) is 56.7 Å². The van der Waals surface area contributed by atoms with Gasteiger partial charge in [0, 0.05) is 31.7 Å². The number of benzene rings is 2. The molecular formula is C23H32N4O. The molecule has 2 aromatic rings. The number of rotatable bonds is 8. The number of aliphatic imine (C=N–C) groups is 1. The van der Waals surface area contributed by atoms with Crippen LogP contribution < -0.4 is 10.6 Å². The molecule has 2 aromatic carbocycles. The lowest BCUT2D eigenvalue weighted by Gasteiger charge is -2.18. The number of hydrogen-bond donors (Lipinski definition) is 2. The number of hydrogen-bond acceptors (Lipinski definition) is 2. The van der Waals surface area contributed by atoms with E-state index in [1.807, 2.05) is 43.0 Å². The maximum atomic E-state index is 12.4. The molecule has 2 rings (SSSR count). The summed E-state index contributed by atoms with van der Waals surface area (Å²) < 4.78 is 0. The molecule has 0 spiro atoms. The molecule has 0 aliphatic heterocycles. The maximum absolute atomic E-state index is 12.4. The van der Waals surface area contributed by atoms with E-state index in [-0.39, 0.29) is 5.91 Å². The SMILES string of the molecule is CCNC(=NCc1cccc(C)c1)NCc1ccc(C(=O)N(CC)CC)cc1. The molecule has 150 valence electrons. The Morgan fingerprint density at radius 2 is 1.68 bits per heavy atom. The molecular weight excluding hydrogens is 348 g/mol. The third kappa shape index (κ3) is 6.41. The van der Waals surface area contributed by atoms with Crippen LogP contribution in [0.15, 0.2) is 53.5 Å². The summed E-state index contributed by atoms with van der Waals surface area (Å²) in [5.41, 5.74) is 4.27. The smallest absolute Gasteiger partial charge is 0.253 e. The largest absolute Gasteiger partial charge is 0.357 e. The van der Waals surface area contributed by atoms with Crippen molar-refractivity contribution in [2.24, 2.45) is 4.99 Å². The van der Waals surface area contributed by atoms with Gasteiger partial charge in [0.05, 0.1) is 6.54 Å². The van der Waals surface area contributed by atoms with E-state index < -0.39 is 0 Å². The Morgan fingerprint density at radius 1 is 0.964 bits per heavy atom. The molecule has 0 atom stereocenters. The highest BCUT2D eigenvalue weighted by Crippen LogP contribution is 2.08. The number of aryl methyl sites for hydroxylation is 1. The number of nitrogens with zero attached hydrogens (tertiary/aromatic N) is 2. The summed E-state index contributed by atoms with van der Waals surface area (Å²) in [4.78, 5) is 18.9. The van der Waals surface area contributed by atoms with Gasteiger partial charge in [-0.15, -0.1) is 0 Å². The summed E-state index contributed by atoms with van der Waals surface area (Å²) in [7, 11) is 0. The first kappa shape index (κ1) is 21.5. The average Bonchev–Trinajstić information content (AvgIpc) is 2.71. The third-order valence-corrected chi connectivity index (χ3v) is 4.56. The minimum atomic E-state index is 0.0811. The third-order valence-electron chi connectivity index (χ3n) is 4.56. The van der Waals surface area contributed by atoms with E-state index in [0.717, 1.165) is 36.7 Å². The predicted molar refractivity (Wildman–Crippen MR) is 117 cm³/mol. The summed E-state index contributed by atoms with van der Waals surface area (Å²) in [6.07, 6.45) is 0. The van der Waals surface area contributed by atoms with Crippen LogP contribution in [-0.4, -0.2) is 36.4 Å². The fourth-order valence-corrected chi connectivity index (χ4v) is 2.97. The second-order valence-corrected chi connectivity index (χ2v) is 6.71. The molecule has 0 heterocycles. The van der Waals surface area contributed by atoms with Crippen LogP contribution in [0.1, 0.15) is 47.8 Å². The van der Waals surface area contributed by atoms with Crippen LogP contribution >= 0.6 is 0 Å². The van der Waals surface area contributed by atoms with Gasteiger partial charge < -0.3 is 15.5 Å². The Bertz CT molecular complexity index is 779. The second-order valence-electron chi connectivity index (χ2n) is 6.71.